The van der Waals surface area contributed by atoms with Crippen molar-refractivity contribution < 1.29 is 9.13 Å². The predicted molar refractivity (Wildman–Crippen MR) is 75.6 cm³/mol. The Morgan fingerprint density at radius 3 is 2.63 bits per heavy atom. The van der Waals surface area contributed by atoms with Crippen LogP contribution in [0.4, 0.5) is 4.39 Å². The summed E-state index contributed by atoms with van der Waals surface area (Å²) in [5.41, 5.74) is 0.861. The van der Waals surface area contributed by atoms with Crippen molar-refractivity contribution in [3.05, 3.63) is 29.8 Å². The molecule has 2 atom stereocenters. The average molecular weight is 268 g/mol. The number of nitrogens with zero attached hydrogens (tertiary/aromatic N) is 1. The summed E-state index contributed by atoms with van der Waals surface area (Å²) in [6.07, 6.45) is 6.03. The molecule has 0 radical (unpaired) electrons. The number of rotatable bonds is 9. The van der Waals surface area contributed by atoms with Crippen LogP contribution in [0.1, 0.15) is 51.6 Å². The third kappa shape index (κ3) is 5.25. The van der Waals surface area contributed by atoms with E-state index >= 15 is 0 Å². The minimum Gasteiger partial charge on any atom is -0.377 e. The van der Waals surface area contributed by atoms with Crippen molar-refractivity contribution in [1.29, 1.82) is 0 Å². The van der Waals surface area contributed by atoms with E-state index in [9.17, 15) is 4.39 Å². The van der Waals surface area contributed by atoms with E-state index in [1.165, 1.54) is 6.20 Å². The van der Waals surface area contributed by atoms with Crippen LogP contribution in [-0.4, -0.2) is 24.2 Å². The molecular formula is C15H25FN2O. The van der Waals surface area contributed by atoms with Crippen LogP contribution in [0, 0.1) is 5.82 Å². The maximum absolute atomic E-state index is 13.4. The van der Waals surface area contributed by atoms with Crippen LogP contribution in [0.3, 0.4) is 0 Å². The van der Waals surface area contributed by atoms with Gasteiger partial charge < -0.3 is 10.1 Å². The highest BCUT2D eigenvalue weighted by Crippen LogP contribution is 2.23. The Kier molecular flexibility index (Phi) is 7.60. The van der Waals surface area contributed by atoms with Crippen molar-refractivity contribution in [2.24, 2.45) is 0 Å². The van der Waals surface area contributed by atoms with Gasteiger partial charge in [0.25, 0.3) is 0 Å². The van der Waals surface area contributed by atoms with Gasteiger partial charge in [-0.25, -0.2) is 4.39 Å². The zero-order chi connectivity index (χ0) is 14.1. The second kappa shape index (κ2) is 8.99. The van der Waals surface area contributed by atoms with Crippen molar-refractivity contribution in [1.82, 2.24) is 10.3 Å². The van der Waals surface area contributed by atoms with Crippen molar-refractivity contribution in [2.75, 3.05) is 13.2 Å². The first-order chi connectivity index (χ1) is 9.22. The number of hydrogen-bond donors (Lipinski definition) is 1. The Balaban J connectivity index is 2.90. The zero-order valence-electron chi connectivity index (χ0n) is 12.2. The molecular weight excluding hydrogens is 243 g/mol. The van der Waals surface area contributed by atoms with Gasteiger partial charge in [0.1, 0.15) is 5.82 Å². The molecule has 1 aromatic rings. The molecule has 0 aromatic carbocycles. The van der Waals surface area contributed by atoms with E-state index < -0.39 is 0 Å². The quantitative estimate of drug-likeness (QED) is 0.744. The van der Waals surface area contributed by atoms with Gasteiger partial charge >= 0.3 is 0 Å². The van der Waals surface area contributed by atoms with Crippen LogP contribution < -0.4 is 5.32 Å². The Bertz CT molecular complexity index is 354. The van der Waals surface area contributed by atoms with Gasteiger partial charge in [-0.3, -0.25) is 4.98 Å². The first-order valence-corrected chi connectivity index (χ1v) is 7.18. The highest BCUT2D eigenvalue weighted by Gasteiger charge is 2.23. The lowest BCUT2D eigenvalue weighted by molar-refractivity contribution is 0.0275. The summed E-state index contributed by atoms with van der Waals surface area (Å²) in [5, 5.41) is 3.45. The zero-order valence-corrected chi connectivity index (χ0v) is 12.2. The Labute approximate surface area is 115 Å². The van der Waals surface area contributed by atoms with E-state index in [4.69, 9.17) is 4.74 Å². The van der Waals surface area contributed by atoms with Crippen LogP contribution in [0.2, 0.25) is 0 Å². The van der Waals surface area contributed by atoms with Gasteiger partial charge in [0, 0.05) is 12.8 Å². The summed E-state index contributed by atoms with van der Waals surface area (Å²) in [5.74, 6) is -0.299. The summed E-state index contributed by atoms with van der Waals surface area (Å²) in [7, 11) is 0. The average Bonchev–Trinajstić information content (AvgIpc) is 2.40. The van der Waals surface area contributed by atoms with E-state index in [0.29, 0.717) is 6.61 Å². The maximum Gasteiger partial charge on any atom is 0.141 e. The van der Waals surface area contributed by atoms with Gasteiger partial charge in [-0.15, -0.1) is 0 Å². The topological polar surface area (TPSA) is 34.2 Å². The van der Waals surface area contributed by atoms with Gasteiger partial charge in [0.15, 0.2) is 0 Å². The van der Waals surface area contributed by atoms with E-state index in [0.717, 1.165) is 31.4 Å². The van der Waals surface area contributed by atoms with Gasteiger partial charge in [0.2, 0.25) is 0 Å². The molecule has 0 amide bonds. The highest BCUT2D eigenvalue weighted by atomic mass is 19.1. The molecule has 19 heavy (non-hydrogen) atoms. The fraction of sp³-hybridized carbons (Fsp3) is 0.667. The molecule has 0 saturated carbocycles. The molecule has 1 heterocycles. The Morgan fingerprint density at radius 2 is 2.05 bits per heavy atom. The number of nitrogens with one attached hydrogen (secondary N) is 1. The molecule has 1 rings (SSSR count). The van der Waals surface area contributed by atoms with E-state index in [2.05, 4.69) is 24.1 Å². The van der Waals surface area contributed by atoms with Crippen molar-refractivity contribution >= 4 is 0 Å². The number of ether oxygens (including phenoxy) is 1. The standard InChI is InChI=1S/C15H25FN2O/c1-4-7-14(19-6-3)15(18-8-5-2)12-9-13(16)11-17-10-12/h9-11,14-15,18H,4-8H2,1-3H3. The molecule has 0 aliphatic rings. The second-order valence-corrected chi connectivity index (χ2v) is 4.65. The molecule has 1 aromatic heterocycles. The van der Waals surface area contributed by atoms with Crippen molar-refractivity contribution in [2.45, 2.75) is 52.2 Å². The molecule has 1 N–H and O–H groups in total. The SMILES string of the molecule is CCCNC(c1cncc(F)c1)C(CCC)OCC. The van der Waals surface area contributed by atoms with Crippen LogP contribution >= 0.6 is 0 Å². The van der Waals surface area contributed by atoms with Crippen molar-refractivity contribution in [3.8, 4) is 0 Å². The first-order valence-electron chi connectivity index (χ1n) is 7.18. The fourth-order valence-corrected chi connectivity index (χ4v) is 2.21. The summed E-state index contributed by atoms with van der Waals surface area (Å²) < 4.78 is 19.2. The Morgan fingerprint density at radius 1 is 1.26 bits per heavy atom. The van der Waals surface area contributed by atoms with Crippen molar-refractivity contribution in [3.63, 3.8) is 0 Å². The fourth-order valence-electron chi connectivity index (χ4n) is 2.21. The molecule has 0 aliphatic carbocycles. The first kappa shape index (κ1) is 16.1. The van der Waals surface area contributed by atoms with Crippen LogP contribution in [0.15, 0.2) is 18.5 Å². The lowest BCUT2D eigenvalue weighted by atomic mass is 9.99. The van der Waals surface area contributed by atoms with E-state index in [-0.39, 0.29) is 18.0 Å². The second-order valence-electron chi connectivity index (χ2n) is 4.65. The molecule has 0 spiro atoms. The third-order valence-corrected chi connectivity index (χ3v) is 3.03. The summed E-state index contributed by atoms with van der Waals surface area (Å²) >= 11 is 0. The lowest BCUT2D eigenvalue weighted by Gasteiger charge is -2.28. The minimum absolute atomic E-state index is 0.00282. The molecule has 3 nitrogen and oxygen atoms in total. The highest BCUT2D eigenvalue weighted by molar-refractivity contribution is 5.16. The van der Waals surface area contributed by atoms with E-state index in [1.54, 1.807) is 12.3 Å². The van der Waals surface area contributed by atoms with Crippen LogP contribution in [0.25, 0.3) is 0 Å². The molecule has 108 valence electrons. The summed E-state index contributed by atoms with van der Waals surface area (Å²) in [6, 6.07) is 1.55. The van der Waals surface area contributed by atoms with Crippen LogP contribution in [-0.2, 0) is 4.74 Å². The minimum atomic E-state index is -0.299. The maximum atomic E-state index is 13.4. The molecule has 4 heteroatoms. The van der Waals surface area contributed by atoms with Gasteiger partial charge in [-0.2, -0.15) is 0 Å². The molecule has 0 saturated heterocycles. The predicted octanol–water partition coefficient (Wildman–Crippen LogP) is 3.47. The monoisotopic (exact) mass is 268 g/mol. The largest absolute Gasteiger partial charge is 0.377 e. The smallest absolute Gasteiger partial charge is 0.141 e. The molecule has 0 fully saturated rings. The number of pyridine rings is 1. The summed E-state index contributed by atoms with van der Waals surface area (Å²) in [4.78, 5) is 3.95. The third-order valence-electron chi connectivity index (χ3n) is 3.03. The number of aromatic nitrogens is 1. The lowest BCUT2D eigenvalue weighted by Crippen LogP contribution is -2.34. The molecule has 0 aliphatic heterocycles. The normalized spacial score (nSPS) is 14.3. The number of halogens is 1. The number of hydrogen-bond acceptors (Lipinski definition) is 3. The van der Waals surface area contributed by atoms with E-state index in [1.807, 2.05) is 6.92 Å². The Hall–Kier alpha value is -1.00. The molecule has 2 unspecified atom stereocenters. The van der Waals surface area contributed by atoms with Gasteiger partial charge in [-0.1, -0.05) is 20.3 Å². The van der Waals surface area contributed by atoms with Gasteiger partial charge in [-0.05, 0) is 37.9 Å². The van der Waals surface area contributed by atoms with Gasteiger partial charge in [0.05, 0.1) is 18.3 Å². The summed E-state index contributed by atoms with van der Waals surface area (Å²) in [6.45, 7) is 7.78. The van der Waals surface area contributed by atoms with Crippen LogP contribution in [0.5, 0.6) is 0 Å². The molecule has 0 bridgehead atoms.